The van der Waals surface area contributed by atoms with Gasteiger partial charge in [0.1, 0.15) is 0 Å². The van der Waals surface area contributed by atoms with Crippen molar-refractivity contribution in [1.82, 2.24) is 0 Å². The molecule has 0 saturated heterocycles. The van der Waals surface area contributed by atoms with Crippen molar-refractivity contribution in [2.24, 2.45) is 0 Å². The van der Waals surface area contributed by atoms with Crippen molar-refractivity contribution in [2.45, 2.75) is 12.3 Å². The number of anilines is 1. The molecule has 1 amide bonds. The summed E-state index contributed by atoms with van der Waals surface area (Å²) in [5, 5.41) is 3.49. The molecule has 6 heteroatoms. The van der Waals surface area contributed by atoms with Crippen LogP contribution in [0.25, 0.3) is 0 Å². The zero-order valence-corrected chi connectivity index (χ0v) is 14.4. The van der Waals surface area contributed by atoms with Crippen molar-refractivity contribution < 1.29 is 19.0 Å². The Balaban J connectivity index is 2.28. The average Bonchev–Trinajstić information content (AvgIpc) is 2.59. The van der Waals surface area contributed by atoms with Crippen LogP contribution in [0.2, 0.25) is 5.02 Å². The van der Waals surface area contributed by atoms with Gasteiger partial charge in [-0.3, -0.25) is 4.79 Å². The van der Waals surface area contributed by atoms with E-state index in [0.717, 1.165) is 11.1 Å². The van der Waals surface area contributed by atoms with Gasteiger partial charge in [0.25, 0.3) is 0 Å². The summed E-state index contributed by atoms with van der Waals surface area (Å²) < 4.78 is 16.4. The number of hydrogen-bond acceptors (Lipinski definition) is 4. The molecule has 1 aliphatic heterocycles. The standard InChI is InChI=1S/C18H18ClNO4/c1-22-14-9-13-16(18(24-3)17(14)23-2)11(8-15(21)20-13)10-6-4-5-7-12(10)19/h4-7,9,11H,8H2,1-3H3,(H,20,21)/t11-/m1/s1. The number of benzene rings is 2. The lowest BCUT2D eigenvalue weighted by Gasteiger charge is -2.30. The molecule has 1 atom stereocenters. The Morgan fingerprint density at radius 3 is 2.42 bits per heavy atom. The number of halogens is 1. The molecule has 126 valence electrons. The lowest BCUT2D eigenvalue weighted by molar-refractivity contribution is -0.116. The highest BCUT2D eigenvalue weighted by molar-refractivity contribution is 6.31. The van der Waals surface area contributed by atoms with Crippen LogP contribution in [0.3, 0.4) is 0 Å². The Morgan fingerprint density at radius 1 is 1.08 bits per heavy atom. The SMILES string of the molecule is COc1cc2c(c(OC)c1OC)[C@@H](c1ccccc1Cl)CC(=O)N2. The fourth-order valence-corrected chi connectivity index (χ4v) is 3.41. The number of carbonyl (C=O) groups excluding carboxylic acids is 1. The molecule has 0 aliphatic carbocycles. The number of hydrogen-bond donors (Lipinski definition) is 1. The largest absolute Gasteiger partial charge is 0.493 e. The van der Waals surface area contributed by atoms with Gasteiger partial charge in [-0.25, -0.2) is 0 Å². The van der Waals surface area contributed by atoms with E-state index in [-0.39, 0.29) is 18.2 Å². The maximum atomic E-state index is 12.2. The molecule has 1 N–H and O–H groups in total. The summed E-state index contributed by atoms with van der Waals surface area (Å²) in [5.41, 5.74) is 2.36. The lowest BCUT2D eigenvalue weighted by atomic mass is 9.83. The van der Waals surface area contributed by atoms with E-state index < -0.39 is 0 Å². The second kappa shape index (κ2) is 6.61. The molecular formula is C18H18ClNO4. The van der Waals surface area contributed by atoms with E-state index in [1.54, 1.807) is 27.4 Å². The predicted molar refractivity (Wildman–Crippen MR) is 92.6 cm³/mol. The normalized spacial score (nSPS) is 16.2. The van der Waals surface area contributed by atoms with E-state index >= 15 is 0 Å². The number of methoxy groups -OCH3 is 3. The third-order valence-electron chi connectivity index (χ3n) is 4.16. The topological polar surface area (TPSA) is 56.8 Å². The van der Waals surface area contributed by atoms with Crippen molar-refractivity contribution in [3.63, 3.8) is 0 Å². The van der Waals surface area contributed by atoms with Crippen LogP contribution in [0, 0.1) is 0 Å². The molecule has 1 aliphatic rings. The molecule has 0 saturated carbocycles. The predicted octanol–water partition coefficient (Wildman–Crippen LogP) is 3.84. The first-order valence-corrected chi connectivity index (χ1v) is 7.85. The second-order valence-electron chi connectivity index (χ2n) is 5.43. The van der Waals surface area contributed by atoms with Gasteiger partial charge in [0, 0.05) is 29.0 Å². The first-order chi connectivity index (χ1) is 11.6. The molecule has 0 aromatic heterocycles. The Morgan fingerprint density at radius 2 is 1.79 bits per heavy atom. The van der Waals surface area contributed by atoms with Gasteiger partial charge in [-0.1, -0.05) is 29.8 Å². The molecule has 2 aromatic carbocycles. The van der Waals surface area contributed by atoms with Crippen molar-refractivity contribution in [3.8, 4) is 17.2 Å². The number of fused-ring (bicyclic) bond motifs is 1. The molecule has 0 spiro atoms. The summed E-state index contributed by atoms with van der Waals surface area (Å²) in [6.45, 7) is 0. The summed E-state index contributed by atoms with van der Waals surface area (Å²) in [6, 6.07) is 9.25. The van der Waals surface area contributed by atoms with Crippen molar-refractivity contribution in [3.05, 3.63) is 46.5 Å². The van der Waals surface area contributed by atoms with E-state index in [1.807, 2.05) is 24.3 Å². The van der Waals surface area contributed by atoms with Gasteiger partial charge in [-0.15, -0.1) is 0 Å². The zero-order valence-electron chi connectivity index (χ0n) is 13.7. The molecule has 0 unspecified atom stereocenters. The monoisotopic (exact) mass is 347 g/mol. The molecule has 1 heterocycles. The number of amides is 1. The third kappa shape index (κ3) is 2.65. The van der Waals surface area contributed by atoms with Crippen LogP contribution in [0.1, 0.15) is 23.5 Å². The van der Waals surface area contributed by atoms with Crippen LogP contribution in [0.5, 0.6) is 17.2 Å². The molecule has 3 rings (SSSR count). The molecule has 0 radical (unpaired) electrons. The van der Waals surface area contributed by atoms with Crippen LogP contribution in [0.15, 0.2) is 30.3 Å². The Kier molecular flexibility index (Phi) is 4.53. The summed E-state index contributed by atoms with van der Waals surface area (Å²) in [5.74, 6) is 1.22. The lowest BCUT2D eigenvalue weighted by Crippen LogP contribution is -2.24. The smallest absolute Gasteiger partial charge is 0.225 e. The van der Waals surface area contributed by atoms with Gasteiger partial charge in [-0.2, -0.15) is 0 Å². The molecule has 5 nitrogen and oxygen atoms in total. The highest BCUT2D eigenvalue weighted by Crippen LogP contribution is 2.51. The van der Waals surface area contributed by atoms with Crippen molar-refractivity contribution in [2.75, 3.05) is 26.6 Å². The van der Waals surface area contributed by atoms with Gasteiger partial charge in [0.05, 0.1) is 27.0 Å². The summed E-state index contributed by atoms with van der Waals surface area (Å²) >= 11 is 6.37. The van der Waals surface area contributed by atoms with Gasteiger partial charge < -0.3 is 19.5 Å². The molecule has 0 bridgehead atoms. The summed E-state index contributed by atoms with van der Waals surface area (Å²) in [6.07, 6.45) is 0.280. The third-order valence-corrected chi connectivity index (χ3v) is 4.51. The molecule has 0 fully saturated rings. The van der Waals surface area contributed by atoms with Gasteiger partial charge in [0.2, 0.25) is 11.7 Å². The van der Waals surface area contributed by atoms with E-state index in [0.29, 0.717) is 28.0 Å². The van der Waals surface area contributed by atoms with Crippen LogP contribution >= 0.6 is 11.6 Å². The maximum Gasteiger partial charge on any atom is 0.225 e. The molecule has 2 aromatic rings. The quantitative estimate of drug-likeness (QED) is 0.913. The van der Waals surface area contributed by atoms with Crippen molar-refractivity contribution >= 4 is 23.2 Å². The first kappa shape index (κ1) is 16.5. The number of ether oxygens (including phenoxy) is 3. The van der Waals surface area contributed by atoms with Crippen LogP contribution in [-0.4, -0.2) is 27.2 Å². The van der Waals surface area contributed by atoms with E-state index in [9.17, 15) is 4.79 Å². The Hall–Kier alpha value is -2.40. The van der Waals surface area contributed by atoms with Crippen LogP contribution in [-0.2, 0) is 4.79 Å². The van der Waals surface area contributed by atoms with Gasteiger partial charge in [0.15, 0.2) is 11.5 Å². The zero-order chi connectivity index (χ0) is 17.3. The fraction of sp³-hybridized carbons (Fsp3) is 0.278. The highest BCUT2D eigenvalue weighted by Gasteiger charge is 2.34. The number of carbonyl (C=O) groups is 1. The van der Waals surface area contributed by atoms with E-state index in [2.05, 4.69) is 5.32 Å². The minimum atomic E-state index is -0.225. The highest BCUT2D eigenvalue weighted by atomic mass is 35.5. The molecular weight excluding hydrogens is 330 g/mol. The first-order valence-electron chi connectivity index (χ1n) is 7.47. The fourth-order valence-electron chi connectivity index (χ4n) is 3.14. The van der Waals surface area contributed by atoms with Crippen LogP contribution < -0.4 is 19.5 Å². The van der Waals surface area contributed by atoms with Crippen molar-refractivity contribution in [1.29, 1.82) is 0 Å². The van der Waals surface area contributed by atoms with E-state index in [1.165, 1.54) is 0 Å². The molecule has 24 heavy (non-hydrogen) atoms. The number of rotatable bonds is 4. The van der Waals surface area contributed by atoms with Crippen LogP contribution in [0.4, 0.5) is 5.69 Å². The Labute approximate surface area is 145 Å². The summed E-state index contributed by atoms with van der Waals surface area (Å²) in [7, 11) is 4.66. The van der Waals surface area contributed by atoms with Gasteiger partial charge in [-0.05, 0) is 11.6 Å². The number of nitrogens with one attached hydrogen (secondary N) is 1. The maximum absolute atomic E-state index is 12.2. The van der Waals surface area contributed by atoms with E-state index in [4.69, 9.17) is 25.8 Å². The average molecular weight is 348 g/mol. The van der Waals surface area contributed by atoms with Gasteiger partial charge >= 0.3 is 0 Å². The second-order valence-corrected chi connectivity index (χ2v) is 5.84. The Bertz CT molecular complexity index is 791. The summed E-state index contributed by atoms with van der Waals surface area (Å²) in [4.78, 5) is 12.2. The minimum Gasteiger partial charge on any atom is -0.493 e. The minimum absolute atomic E-state index is 0.0818.